The molecule has 0 N–H and O–H groups in total. The van der Waals surface area contributed by atoms with E-state index in [9.17, 15) is 31.4 Å². The smallest absolute Gasteiger partial charge is 0.196 e. The second-order valence-corrected chi connectivity index (χ2v) is 2.71. The number of halogens is 7. The van der Waals surface area contributed by atoms with Crippen molar-refractivity contribution in [3.05, 3.63) is 0 Å². The fourth-order valence-corrected chi connectivity index (χ4v) is 0.161. The number of hydrogen-bond donors (Lipinski definition) is 0. The average Bonchev–Trinajstić information content (AvgIpc) is 1.58. The SMILES string of the molecule is [O]C(Br)(C(F)(F)F)C(F)(F)F. The molecule has 0 aromatic heterocycles. The minimum Gasteiger partial charge on any atom is -0.196 e. The van der Waals surface area contributed by atoms with Crippen LogP contribution in [0.3, 0.4) is 0 Å². The van der Waals surface area contributed by atoms with Crippen molar-refractivity contribution in [1.29, 1.82) is 0 Å². The van der Waals surface area contributed by atoms with Crippen molar-refractivity contribution in [3.8, 4) is 0 Å². The minimum atomic E-state index is -5.88. The lowest BCUT2D eigenvalue weighted by Crippen LogP contribution is -2.50. The molecule has 0 amide bonds. The molecule has 67 valence electrons. The number of hydrogen-bond acceptors (Lipinski definition) is 0. The van der Waals surface area contributed by atoms with Gasteiger partial charge in [0, 0.05) is 0 Å². The van der Waals surface area contributed by atoms with Crippen molar-refractivity contribution in [2.75, 3.05) is 0 Å². The van der Waals surface area contributed by atoms with Crippen LogP contribution in [0.4, 0.5) is 26.3 Å². The zero-order chi connectivity index (χ0) is 9.50. The first kappa shape index (κ1) is 11.0. The molecule has 0 spiro atoms. The van der Waals surface area contributed by atoms with Crippen molar-refractivity contribution in [3.63, 3.8) is 0 Å². The second-order valence-electron chi connectivity index (χ2n) is 1.59. The predicted octanol–water partition coefficient (Wildman–Crippen LogP) is 2.63. The largest absolute Gasteiger partial charge is 0.440 e. The fourth-order valence-electron chi connectivity index (χ4n) is 0.161. The molecule has 0 atom stereocenters. The molecule has 0 saturated heterocycles. The summed E-state index contributed by atoms with van der Waals surface area (Å²) in [5.74, 6) is 0. The Morgan fingerprint density at radius 1 is 0.818 bits per heavy atom. The van der Waals surface area contributed by atoms with Crippen LogP contribution >= 0.6 is 15.9 Å². The van der Waals surface area contributed by atoms with Crippen LogP contribution in [0.25, 0.3) is 0 Å². The van der Waals surface area contributed by atoms with Gasteiger partial charge in [0.15, 0.2) is 0 Å². The molecule has 0 aliphatic rings. The van der Waals surface area contributed by atoms with E-state index in [1.807, 2.05) is 0 Å². The summed E-state index contributed by atoms with van der Waals surface area (Å²) >= 11 is 1.02. The van der Waals surface area contributed by atoms with Crippen molar-refractivity contribution in [2.24, 2.45) is 0 Å². The summed E-state index contributed by atoms with van der Waals surface area (Å²) in [6.45, 7) is 0. The molecule has 0 fully saturated rings. The summed E-state index contributed by atoms with van der Waals surface area (Å²) in [5, 5.41) is 9.81. The summed E-state index contributed by atoms with van der Waals surface area (Å²) in [6, 6.07) is 0. The Morgan fingerprint density at radius 2 is 1.00 bits per heavy atom. The van der Waals surface area contributed by atoms with Gasteiger partial charge in [-0.15, -0.1) is 0 Å². The van der Waals surface area contributed by atoms with E-state index in [0.717, 1.165) is 15.9 Å². The van der Waals surface area contributed by atoms with Crippen LogP contribution in [0.2, 0.25) is 0 Å². The third kappa shape index (κ3) is 1.98. The van der Waals surface area contributed by atoms with Gasteiger partial charge in [0.2, 0.25) is 0 Å². The zero-order valence-corrected chi connectivity index (χ0v) is 6.14. The zero-order valence-electron chi connectivity index (χ0n) is 4.55. The highest BCUT2D eigenvalue weighted by molar-refractivity contribution is 9.10. The van der Waals surface area contributed by atoms with E-state index in [-0.39, 0.29) is 0 Å². The summed E-state index contributed by atoms with van der Waals surface area (Å²) in [4.78, 5) is 0. The van der Waals surface area contributed by atoms with Crippen LogP contribution in [0.1, 0.15) is 0 Å². The molecular weight excluding hydrogens is 246 g/mol. The number of alkyl halides is 7. The van der Waals surface area contributed by atoms with E-state index in [2.05, 4.69) is 0 Å². The summed E-state index contributed by atoms with van der Waals surface area (Å²) in [5.41, 5.74) is 0. The summed E-state index contributed by atoms with van der Waals surface area (Å²) < 4.78 is 62.4. The monoisotopic (exact) mass is 245 g/mol. The highest BCUT2D eigenvalue weighted by atomic mass is 79.9. The first-order chi connectivity index (χ1) is 4.50. The van der Waals surface area contributed by atoms with Gasteiger partial charge in [-0.3, -0.25) is 0 Å². The molecule has 8 heteroatoms. The molecule has 1 radical (unpaired) electrons. The van der Waals surface area contributed by atoms with Gasteiger partial charge in [-0.25, -0.2) is 0 Å². The van der Waals surface area contributed by atoms with Gasteiger partial charge in [0.05, 0.1) is 0 Å². The number of rotatable bonds is 0. The molecule has 0 rings (SSSR count). The molecule has 0 aromatic rings. The predicted molar refractivity (Wildman–Crippen MR) is 24.5 cm³/mol. The van der Waals surface area contributed by atoms with Crippen LogP contribution < -0.4 is 0 Å². The molecule has 0 aliphatic heterocycles. The van der Waals surface area contributed by atoms with E-state index in [4.69, 9.17) is 0 Å². The molecule has 0 heterocycles. The molecule has 0 unspecified atom stereocenters. The minimum absolute atomic E-state index is 1.02. The lowest BCUT2D eigenvalue weighted by molar-refractivity contribution is -0.340. The maximum absolute atomic E-state index is 11.2. The van der Waals surface area contributed by atoms with Crippen molar-refractivity contribution >= 4 is 15.9 Å². The highest BCUT2D eigenvalue weighted by Crippen LogP contribution is 2.47. The van der Waals surface area contributed by atoms with Gasteiger partial charge in [-0.2, -0.15) is 31.4 Å². The Labute approximate surface area is 65.1 Å². The molecule has 0 aromatic carbocycles. The van der Waals surface area contributed by atoms with Crippen molar-refractivity contribution in [2.45, 2.75) is 16.9 Å². The Hall–Kier alpha value is 0.0200. The summed E-state index contributed by atoms with van der Waals surface area (Å²) in [6.07, 6.45) is -11.8. The topological polar surface area (TPSA) is 19.9 Å². The lowest BCUT2D eigenvalue weighted by Gasteiger charge is -2.23. The quantitative estimate of drug-likeness (QED) is 0.462. The van der Waals surface area contributed by atoms with Gasteiger partial charge in [0.25, 0.3) is 0 Å². The van der Waals surface area contributed by atoms with Gasteiger partial charge >= 0.3 is 16.9 Å². The van der Waals surface area contributed by atoms with Crippen LogP contribution in [0, 0.1) is 0 Å². The normalized spacial score (nSPS) is 15.3. The third-order valence-electron chi connectivity index (χ3n) is 0.729. The van der Waals surface area contributed by atoms with Crippen molar-refractivity contribution < 1.29 is 31.4 Å². The van der Waals surface area contributed by atoms with E-state index in [1.165, 1.54) is 0 Å². The van der Waals surface area contributed by atoms with Gasteiger partial charge in [-0.05, 0) is 15.9 Å². The molecular formula is C3BrF6O. The Morgan fingerprint density at radius 3 is 1.00 bits per heavy atom. The van der Waals surface area contributed by atoms with Crippen LogP contribution in [-0.2, 0) is 5.11 Å². The Balaban J connectivity index is 4.75. The molecule has 0 saturated carbocycles. The first-order valence-electron chi connectivity index (χ1n) is 2.03. The lowest BCUT2D eigenvalue weighted by atomic mass is 10.3. The molecule has 1 nitrogen and oxygen atoms in total. The average molecular weight is 246 g/mol. The molecule has 11 heavy (non-hydrogen) atoms. The van der Waals surface area contributed by atoms with E-state index in [1.54, 1.807) is 0 Å². The van der Waals surface area contributed by atoms with Gasteiger partial charge in [-0.1, -0.05) is 0 Å². The summed E-state index contributed by atoms with van der Waals surface area (Å²) in [7, 11) is 0. The van der Waals surface area contributed by atoms with E-state index >= 15 is 0 Å². The maximum Gasteiger partial charge on any atom is 0.440 e. The van der Waals surface area contributed by atoms with Crippen LogP contribution in [0.15, 0.2) is 0 Å². The Kier molecular flexibility index (Phi) is 2.52. The molecule has 0 bridgehead atoms. The standard InChI is InChI=1S/C3BrF6O/c4-1(11,2(5,6)7)3(8,9)10. The van der Waals surface area contributed by atoms with E-state index < -0.39 is 16.9 Å². The second kappa shape index (κ2) is 2.51. The third-order valence-corrected chi connectivity index (χ3v) is 1.63. The highest BCUT2D eigenvalue weighted by Gasteiger charge is 2.71. The van der Waals surface area contributed by atoms with Gasteiger partial charge < -0.3 is 0 Å². The maximum atomic E-state index is 11.2. The van der Waals surface area contributed by atoms with Gasteiger partial charge in [0.1, 0.15) is 0 Å². The molecule has 0 aliphatic carbocycles. The van der Waals surface area contributed by atoms with E-state index in [0.29, 0.717) is 0 Å². The fraction of sp³-hybridized carbons (Fsp3) is 1.00. The Bertz CT molecular complexity index is 129. The van der Waals surface area contributed by atoms with Crippen LogP contribution in [0.5, 0.6) is 0 Å². The van der Waals surface area contributed by atoms with Crippen LogP contribution in [-0.4, -0.2) is 16.9 Å². The van der Waals surface area contributed by atoms with Crippen molar-refractivity contribution in [1.82, 2.24) is 0 Å². The first-order valence-corrected chi connectivity index (χ1v) is 2.82.